The summed E-state index contributed by atoms with van der Waals surface area (Å²) in [5, 5.41) is 4.64. The van der Waals surface area contributed by atoms with Gasteiger partial charge in [0.2, 0.25) is 0 Å². The number of amides is 1. The smallest absolute Gasteiger partial charge is 0.343 e. The van der Waals surface area contributed by atoms with E-state index in [4.69, 9.17) is 16.3 Å². The lowest BCUT2D eigenvalue weighted by Crippen LogP contribution is -2.19. The van der Waals surface area contributed by atoms with Gasteiger partial charge in [0.1, 0.15) is 5.75 Å². The number of nitrogens with one attached hydrogen (secondary N) is 1. The van der Waals surface area contributed by atoms with E-state index >= 15 is 0 Å². The minimum Gasteiger partial charge on any atom is -0.422 e. The third-order valence-electron chi connectivity index (χ3n) is 4.90. The summed E-state index contributed by atoms with van der Waals surface area (Å²) < 4.78 is 7.50. The highest BCUT2D eigenvalue weighted by atomic mass is 35.5. The van der Waals surface area contributed by atoms with Crippen molar-refractivity contribution in [2.24, 2.45) is 5.10 Å². The highest BCUT2D eigenvalue weighted by molar-refractivity contribution is 6.30. The highest BCUT2D eigenvalue weighted by Gasteiger charge is 2.14. The molecule has 0 radical (unpaired) electrons. The van der Waals surface area contributed by atoms with E-state index in [0.29, 0.717) is 33.2 Å². The molecule has 4 rings (SSSR count). The largest absolute Gasteiger partial charge is 0.422 e. The lowest BCUT2D eigenvalue weighted by Gasteiger charge is -2.10. The van der Waals surface area contributed by atoms with Gasteiger partial charge in [-0.1, -0.05) is 29.8 Å². The Bertz CT molecular complexity index is 1310. The van der Waals surface area contributed by atoms with Gasteiger partial charge in [-0.25, -0.2) is 10.2 Å². The van der Waals surface area contributed by atoms with Gasteiger partial charge in [0.15, 0.2) is 0 Å². The molecule has 164 valence electrons. The number of hydrogen-bond donors (Lipinski definition) is 1. The number of esters is 1. The zero-order valence-electron chi connectivity index (χ0n) is 17.7. The summed E-state index contributed by atoms with van der Waals surface area (Å²) in [7, 11) is 0. The average molecular weight is 458 g/mol. The summed E-state index contributed by atoms with van der Waals surface area (Å²) in [6, 6.07) is 24.5. The monoisotopic (exact) mass is 457 g/mol. The third-order valence-corrected chi connectivity index (χ3v) is 5.13. The predicted octanol–water partition coefficient (Wildman–Crippen LogP) is 5.50. The summed E-state index contributed by atoms with van der Waals surface area (Å²) in [5.74, 6) is -0.555. The second-order valence-corrected chi connectivity index (χ2v) is 7.61. The summed E-state index contributed by atoms with van der Waals surface area (Å²) in [6.45, 7) is 1.72. The Hall–Kier alpha value is -4.16. The van der Waals surface area contributed by atoms with Gasteiger partial charge in [-0.15, -0.1) is 0 Å². The van der Waals surface area contributed by atoms with Crippen LogP contribution < -0.4 is 10.2 Å². The number of carbonyl (C=O) groups excluding carboxylic acids is 2. The number of ether oxygens (including phenoxy) is 1. The van der Waals surface area contributed by atoms with Crippen molar-refractivity contribution < 1.29 is 14.3 Å². The maximum absolute atomic E-state index is 12.5. The SMILES string of the molecule is C/C(=N\NC(=O)c1ccc(-n2cccc2)cc1)c1ccccc1OC(=O)c1cccc(Cl)c1. The quantitative estimate of drug-likeness (QED) is 0.180. The topological polar surface area (TPSA) is 72.7 Å². The van der Waals surface area contributed by atoms with Crippen LogP contribution in [0.4, 0.5) is 0 Å². The van der Waals surface area contributed by atoms with Gasteiger partial charge in [-0.2, -0.15) is 5.10 Å². The number of rotatable bonds is 6. The molecule has 0 unspecified atom stereocenters. The van der Waals surface area contributed by atoms with Crippen molar-refractivity contribution in [3.8, 4) is 11.4 Å². The fraction of sp³-hybridized carbons (Fsp3) is 0.0385. The average Bonchev–Trinajstić information content (AvgIpc) is 3.38. The number of halogens is 1. The molecule has 1 heterocycles. The second kappa shape index (κ2) is 9.97. The molecule has 4 aromatic rings. The first kappa shape index (κ1) is 22.0. The van der Waals surface area contributed by atoms with Crippen LogP contribution in [0.15, 0.2) is 102 Å². The Morgan fingerprint density at radius 3 is 2.33 bits per heavy atom. The Balaban J connectivity index is 1.46. The van der Waals surface area contributed by atoms with Gasteiger partial charge in [0.25, 0.3) is 5.91 Å². The highest BCUT2D eigenvalue weighted by Crippen LogP contribution is 2.21. The minimum atomic E-state index is -0.537. The van der Waals surface area contributed by atoms with Crippen LogP contribution in [0.5, 0.6) is 5.75 Å². The number of aromatic nitrogens is 1. The zero-order valence-corrected chi connectivity index (χ0v) is 18.5. The van der Waals surface area contributed by atoms with Gasteiger partial charge < -0.3 is 9.30 Å². The summed E-state index contributed by atoms with van der Waals surface area (Å²) in [6.07, 6.45) is 3.86. The molecule has 0 atom stereocenters. The van der Waals surface area contributed by atoms with Gasteiger partial charge in [-0.05, 0) is 73.7 Å². The van der Waals surface area contributed by atoms with Gasteiger partial charge in [-0.3, -0.25) is 4.79 Å². The molecule has 3 aromatic carbocycles. The van der Waals surface area contributed by atoms with Crippen LogP contribution >= 0.6 is 11.6 Å². The van der Waals surface area contributed by atoms with E-state index in [1.54, 1.807) is 61.5 Å². The molecule has 0 spiro atoms. The van der Waals surface area contributed by atoms with Crippen molar-refractivity contribution >= 4 is 29.2 Å². The fourth-order valence-electron chi connectivity index (χ4n) is 3.18. The van der Waals surface area contributed by atoms with Gasteiger partial charge in [0.05, 0.1) is 11.3 Å². The maximum atomic E-state index is 12.5. The molecular formula is C26H20ClN3O3. The van der Waals surface area contributed by atoms with Gasteiger partial charge in [0, 0.05) is 34.2 Å². The van der Waals surface area contributed by atoms with E-state index in [1.165, 1.54) is 6.07 Å². The lowest BCUT2D eigenvalue weighted by molar-refractivity contribution is 0.0734. The first-order valence-electron chi connectivity index (χ1n) is 10.2. The van der Waals surface area contributed by atoms with Crippen LogP contribution in [0.25, 0.3) is 5.69 Å². The van der Waals surface area contributed by atoms with Crippen LogP contribution in [-0.4, -0.2) is 22.2 Å². The molecule has 0 aliphatic heterocycles. The summed E-state index contributed by atoms with van der Waals surface area (Å²) >= 11 is 5.96. The van der Waals surface area contributed by atoms with E-state index in [2.05, 4.69) is 10.5 Å². The van der Waals surface area contributed by atoms with Crippen LogP contribution in [0.3, 0.4) is 0 Å². The van der Waals surface area contributed by atoms with E-state index in [0.717, 1.165) is 5.69 Å². The molecule has 0 aliphatic carbocycles. The number of hydrogen-bond acceptors (Lipinski definition) is 4. The Morgan fingerprint density at radius 1 is 0.879 bits per heavy atom. The second-order valence-electron chi connectivity index (χ2n) is 7.17. The Kier molecular flexibility index (Phi) is 6.66. The van der Waals surface area contributed by atoms with Crippen LogP contribution in [0, 0.1) is 0 Å². The molecule has 1 N–H and O–H groups in total. The first-order chi connectivity index (χ1) is 16.0. The molecule has 0 saturated carbocycles. The number of para-hydroxylation sites is 1. The zero-order chi connectivity index (χ0) is 23.2. The number of benzene rings is 3. The van der Waals surface area contributed by atoms with Crippen LogP contribution in [0.1, 0.15) is 33.2 Å². The van der Waals surface area contributed by atoms with Crippen LogP contribution in [-0.2, 0) is 0 Å². The molecule has 0 fully saturated rings. The van der Waals surface area contributed by atoms with Crippen molar-refractivity contribution in [3.63, 3.8) is 0 Å². The number of nitrogens with zero attached hydrogens (tertiary/aromatic N) is 2. The molecule has 0 saturated heterocycles. The normalized spacial score (nSPS) is 11.2. The predicted molar refractivity (Wildman–Crippen MR) is 128 cm³/mol. The molecule has 6 nitrogen and oxygen atoms in total. The van der Waals surface area contributed by atoms with Gasteiger partial charge >= 0.3 is 5.97 Å². The summed E-state index contributed by atoms with van der Waals surface area (Å²) in [5.41, 5.74) is 5.39. The molecule has 1 aromatic heterocycles. The van der Waals surface area contributed by atoms with E-state index < -0.39 is 5.97 Å². The number of hydrazone groups is 1. The van der Waals surface area contributed by atoms with Crippen LogP contribution in [0.2, 0.25) is 5.02 Å². The lowest BCUT2D eigenvalue weighted by atomic mass is 10.1. The van der Waals surface area contributed by atoms with Crippen molar-refractivity contribution in [1.82, 2.24) is 9.99 Å². The standard InChI is InChI=1S/C26H20ClN3O3/c1-18(28-29-25(31)19-11-13-22(14-12-19)30-15-4-5-16-30)23-9-2-3-10-24(23)33-26(32)20-7-6-8-21(27)17-20/h2-17H,1H3,(H,29,31)/b28-18+. The number of carbonyl (C=O) groups is 2. The molecular weight excluding hydrogens is 438 g/mol. The van der Waals surface area contributed by atoms with E-state index in [9.17, 15) is 9.59 Å². The fourth-order valence-corrected chi connectivity index (χ4v) is 3.37. The summed E-state index contributed by atoms with van der Waals surface area (Å²) in [4.78, 5) is 25.0. The Labute approximate surface area is 196 Å². The molecule has 33 heavy (non-hydrogen) atoms. The third kappa shape index (κ3) is 5.37. The Morgan fingerprint density at radius 2 is 1.61 bits per heavy atom. The molecule has 1 amide bonds. The van der Waals surface area contributed by atoms with Crippen molar-refractivity contribution in [1.29, 1.82) is 0 Å². The van der Waals surface area contributed by atoms with Crippen molar-refractivity contribution in [2.75, 3.05) is 0 Å². The molecule has 7 heteroatoms. The first-order valence-corrected chi connectivity index (χ1v) is 10.5. The molecule has 0 bridgehead atoms. The minimum absolute atomic E-state index is 0.328. The van der Waals surface area contributed by atoms with E-state index in [-0.39, 0.29) is 5.91 Å². The van der Waals surface area contributed by atoms with Crippen molar-refractivity contribution in [2.45, 2.75) is 6.92 Å². The van der Waals surface area contributed by atoms with E-state index in [1.807, 2.05) is 41.2 Å². The molecule has 0 aliphatic rings. The maximum Gasteiger partial charge on any atom is 0.343 e. The van der Waals surface area contributed by atoms with Crippen molar-refractivity contribution in [3.05, 3.63) is 119 Å².